The minimum Gasteiger partial charge on any atom is -0.486 e. The Hall–Kier alpha value is -4.12. The zero-order valence-electron chi connectivity index (χ0n) is 15.9. The number of nitrogens with one attached hydrogen (secondary N) is 1. The minimum atomic E-state index is -1.12. The summed E-state index contributed by atoms with van der Waals surface area (Å²) in [5.74, 6) is -1.08. The molecule has 3 aromatic rings. The molecule has 1 atom stereocenters. The zero-order valence-corrected chi connectivity index (χ0v) is 15.9. The molecule has 1 amide bonds. The Bertz CT molecular complexity index is 1090. The Balaban J connectivity index is 1.54. The molecule has 0 saturated carbocycles. The van der Waals surface area contributed by atoms with E-state index in [2.05, 4.69) is 5.32 Å². The van der Waals surface area contributed by atoms with Crippen LogP contribution < -0.4 is 10.1 Å². The van der Waals surface area contributed by atoms with Crippen molar-refractivity contribution in [3.63, 3.8) is 0 Å². The molecule has 3 rings (SSSR count). The molecular formula is C22H17FN2O5. The van der Waals surface area contributed by atoms with Gasteiger partial charge in [0, 0.05) is 0 Å². The molecule has 0 fully saturated rings. The van der Waals surface area contributed by atoms with E-state index in [0.717, 1.165) is 0 Å². The first kappa shape index (κ1) is 20.6. The number of nitrogens with zero attached hydrogens (tertiary/aromatic N) is 1. The smallest absolute Gasteiger partial charge is 0.375 e. The lowest BCUT2D eigenvalue weighted by Crippen LogP contribution is -2.30. The van der Waals surface area contributed by atoms with Crippen molar-refractivity contribution in [1.82, 2.24) is 0 Å². The highest BCUT2D eigenvalue weighted by molar-refractivity contribution is 5.97. The van der Waals surface area contributed by atoms with Crippen molar-refractivity contribution in [1.29, 1.82) is 5.26 Å². The van der Waals surface area contributed by atoms with Crippen molar-refractivity contribution < 1.29 is 27.9 Å². The van der Waals surface area contributed by atoms with Crippen LogP contribution in [-0.4, -0.2) is 18.0 Å². The number of benzene rings is 2. The van der Waals surface area contributed by atoms with E-state index in [4.69, 9.17) is 19.2 Å². The van der Waals surface area contributed by atoms with Gasteiger partial charge >= 0.3 is 5.97 Å². The first-order chi connectivity index (χ1) is 14.5. The molecule has 0 spiro atoms. The van der Waals surface area contributed by atoms with Crippen LogP contribution in [0.5, 0.6) is 5.75 Å². The number of hydrogen-bond acceptors (Lipinski definition) is 6. The van der Waals surface area contributed by atoms with Gasteiger partial charge in [0.25, 0.3) is 5.91 Å². The van der Waals surface area contributed by atoms with Gasteiger partial charge in [0.1, 0.15) is 30.0 Å². The van der Waals surface area contributed by atoms with Gasteiger partial charge in [-0.3, -0.25) is 4.79 Å². The molecule has 1 aromatic heterocycles. The molecule has 1 heterocycles. The number of carbonyl (C=O) groups is 2. The Labute approximate surface area is 171 Å². The number of furan rings is 1. The van der Waals surface area contributed by atoms with Crippen molar-refractivity contribution >= 4 is 17.6 Å². The van der Waals surface area contributed by atoms with E-state index in [-0.39, 0.29) is 18.2 Å². The van der Waals surface area contributed by atoms with Crippen molar-refractivity contribution in [3.8, 4) is 11.8 Å². The van der Waals surface area contributed by atoms with Crippen LogP contribution in [0.4, 0.5) is 10.1 Å². The predicted octanol–water partition coefficient (Wildman–Crippen LogP) is 4.05. The summed E-state index contributed by atoms with van der Waals surface area (Å²) >= 11 is 0. The highest BCUT2D eigenvalue weighted by atomic mass is 19.1. The molecule has 0 aliphatic rings. The number of halogens is 1. The molecule has 7 nitrogen and oxygen atoms in total. The predicted molar refractivity (Wildman–Crippen MR) is 104 cm³/mol. The van der Waals surface area contributed by atoms with E-state index in [1.807, 2.05) is 6.07 Å². The molecule has 0 bridgehead atoms. The number of para-hydroxylation sites is 1. The Morgan fingerprint density at radius 3 is 2.60 bits per heavy atom. The maximum absolute atomic E-state index is 12.9. The van der Waals surface area contributed by atoms with Crippen LogP contribution in [0.15, 0.2) is 65.1 Å². The molecule has 0 saturated heterocycles. The fraction of sp³-hybridized carbons (Fsp3) is 0.136. The van der Waals surface area contributed by atoms with Gasteiger partial charge in [-0.05, 0) is 55.5 Å². The number of esters is 1. The van der Waals surface area contributed by atoms with E-state index >= 15 is 0 Å². The second kappa shape index (κ2) is 9.39. The zero-order chi connectivity index (χ0) is 21.5. The lowest BCUT2D eigenvalue weighted by Gasteiger charge is -2.13. The number of anilines is 1. The van der Waals surface area contributed by atoms with Gasteiger partial charge in [-0.1, -0.05) is 12.1 Å². The van der Waals surface area contributed by atoms with Crippen LogP contribution in [0.3, 0.4) is 0 Å². The van der Waals surface area contributed by atoms with Crippen LogP contribution in [0, 0.1) is 17.1 Å². The third-order valence-electron chi connectivity index (χ3n) is 4.02. The van der Waals surface area contributed by atoms with Crippen LogP contribution in [0.1, 0.15) is 28.8 Å². The Kier molecular flexibility index (Phi) is 6.45. The lowest BCUT2D eigenvalue weighted by atomic mass is 10.2. The normalized spacial score (nSPS) is 11.2. The molecule has 0 aliphatic heterocycles. The standard InChI is InChI=1S/C22H17FN2O5/c1-14(21(26)25-19-5-3-2-4-15(19)12-24)29-22(27)20-11-10-18(30-20)13-28-17-8-6-16(23)7-9-17/h2-11,14H,13H2,1H3,(H,25,26). The summed E-state index contributed by atoms with van der Waals surface area (Å²) < 4.78 is 28.8. The van der Waals surface area contributed by atoms with Crippen LogP contribution in [0.2, 0.25) is 0 Å². The summed E-state index contributed by atoms with van der Waals surface area (Å²) in [6.45, 7) is 1.43. The number of rotatable bonds is 7. The average Bonchev–Trinajstić information content (AvgIpc) is 3.23. The van der Waals surface area contributed by atoms with Crippen LogP contribution in [-0.2, 0) is 16.1 Å². The molecule has 2 aromatic carbocycles. The molecule has 1 N–H and O–H groups in total. The fourth-order valence-corrected chi connectivity index (χ4v) is 2.45. The molecule has 1 unspecified atom stereocenters. The summed E-state index contributed by atoms with van der Waals surface area (Å²) in [6, 6.07) is 16.9. The number of hydrogen-bond donors (Lipinski definition) is 1. The Morgan fingerprint density at radius 2 is 1.87 bits per heavy atom. The molecule has 0 aliphatic carbocycles. The van der Waals surface area contributed by atoms with E-state index in [1.165, 1.54) is 43.3 Å². The highest BCUT2D eigenvalue weighted by Crippen LogP contribution is 2.17. The molecule has 152 valence electrons. The van der Waals surface area contributed by atoms with Crippen molar-refractivity contribution in [2.45, 2.75) is 19.6 Å². The third kappa shape index (κ3) is 5.23. The van der Waals surface area contributed by atoms with Crippen LogP contribution >= 0.6 is 0 Å². The second-order valence-electron chi connectivity index (χ2n) is 6.20. The highest BCUT2D eigenvalue weighted by Gasteiger charge is 2.22. The van der Waals surface area contributed by atoms with Gasteiger partial charge in [0.05, 0.1) is 11.3 Å². The van der Waals surface area contributed by atoms with Crippen molar-refractivity contribution in [2.75, 3.05) is 5.32 Å². The van der Waals surface area contributed by atoms with Gasteiger partial charge in [0.2, 0.25) is 5.76 Å². The maximum atomic E-state index is 12.9. The van der Waals surface area contributed by atoms with E-state index in [0.29, 0.717) is 22.8 Å². The molecular weight excluding hydrogens is 391 g/mol. The average molecular weight is 408 g/mol. The Morgan fingerprint density at radius 1 is 1.13 bits per heavy atom. The topological polar surface area (TPSA) is 102 Å². The molecule has 8 heteroatoms. The van der Waals surface area contributed by atoms with Gasteiger partial charge in [-0.25, -0.2) is 9.18 Å². The van der Waals surface area contributed by atoms with Gasteiger partial charge in [-0.15, -0.1) is 0 Å². The minimum absolute atomic E-state index is 0.0277. The summed E-state index contributed by atoms with van der Waals surface area (Å²) in [5, 5.41) is 11.6. The number of ether oxygens (including phenoxy) is 2. The van der Waals surface area contributed by atoms with Crippen molar-refractivity contribution in [2.24, 2.45) is 0 Å². The van der Waals surface area contributed by atoms with Gasteiger partial charge in [0.15, 0.2) is 6.10 Å². The van der Waals surface area contributed by atoms with E-state index in [1.54, 1.807) is 24.3 Å². The monoisotopic (exact) mass is 408 g/mol. The third-order valence-corrected chi connectivity index (χ3v) is 4.02. The molecule has 30 heavy (non-hydrogen) atoms. The maximum Gasteiger partial charge on any atom is 0.375 e. The summed E-state index contributed by atoms with van der Waals surface area (Å²) in [5.41, 5.74) is 0.618. The van der Waals surface area contributed by atoms with Crippen molar-refractivity contribution in [3.05, 3.63) is 83.6 Å². The summed E-state index contributed by atoms with van der Waals surface area (Å²) in [6.07, 6.45) is -1.12. The second-order valence-corrected chi connectivity index (χ2v) is 6.20. The number of nitriles is 1. The van der Waals surface area contributed by atoms with E-state index < -0.39 is 18.0 Å². The largest absolute Gasteiger partial charge is 0.486 e. The van der Waals surface area contributed by atoms with E-state index in [9.17, 15) is 14.0 Å². The molecule has 0 radical (unpaired) electrons. The SMILES string of the molecule is CC(OC(=O)c1ccc(COc2ccc(F)cc2)o1)C(=O)Nc1ccccc1C#N. The van der Waals surface area contributed by atoms with Crippen LogP contribution in [0.25, 0.3) is 0 Å². The first-order valence-corrected chi connectivity index (χ1v) is 8.94. The number of amides is 1. The quantitative estimate of drug-likeness (QED) is 0.592. The number of carbonyl (C=O) groups excluding carboxylic acids is 2. The fourth-order valence-electron chi connectivity index (χ4n) is 2.45. The van der Waals surface area contributed by atoms with Gasteiger partial charge in [-0.2, -0.15) is 5.26 Å². The summed E-state index contributed by atoms with van der Waals surface area (Å²) in [4.78, 5) is 24.5. The lowest BCUT2D eigenvalue weighted by molar-refractivity contribution is -0.123. The summed E-state index contributed by atoms with van der Waals surface area (Å²) in [7, 11) is 0. The van der Waals surface area contributed by atoms with Gasteiger partial charge < -0.3 is 19.2 Å². The first-order valence-electron chi connectivity index (χ1n) is 8.94.